The Morgan fingerprint density at radius 2 is 2.00 bits per heavy atom. The Hall–Kier alpha value is -3.81. The minimum absolute atomic E-state index is 0.0819. The molecule has 1 saturated heterocycles. The summed E-state index contributed by atoms with van der Waals surface area (Å²) < 4.78 is 10.5. The zero-order chi connectivity index (χ0) is 20.4. The van der Waals surface area contributed by atoms with Gasteiger partial charge >= 0.3 is 5.63 Å². The van der Waals surface area contributed by atoms with Crippen molar-refractivity contribution in [3.63, 3.8) is 0 Å². The van der Waals surface area contributed by atoms with Crippen LogP contribution in [0.3, 0.4) is 0 Å². The highest BCUT2D eigenvalue weighted by atomic mass is 16.5. The highest BCUT2D eigenvalue weighted by molar-refractivity contribution is 6.07. The number of carbonyl (C=O) groups is 2. The molecule has 3 aromatic rings. The molecule has 29 heavy (non-hydrogen) atoms. The third kappa shape index (κ3) is 3.64. The third-order valence-electron chi connectivity index (χ3n) is 4.72. The quantitative estimate of drug-likeness (QED) is 0.658. The summed E-state index contributed by atoms with van der Waals surface area (Å²) in [5.74, 6) is -0.251. The van der Waals surface area contributed by atoms with E-state index in [4.69, 9.17) is 9.15 Å². The van der Waals surface area contributed by atoms with Crippen molar-refractivity contribution in [2.24, 2.45) is 0 Å². The van der Waals surface area contributed by atoms with E-state index in [9.17, 15) is 14.4 Å². The molecule has 0 radical (unpaired) electrons. The molecule has 8 nitrogen and oxygen atoms in total. The van der Waals surface area contributed by atoms with E-state index in [0.717, 1.165) is 0 Å². The van der Waals surface area contributed by atoms with E-state index >= 15 is 0 Å². The minimum Gasteiger partial charge on any atom is -0.493 e. The molecule has 0 spiro atoms. The number of hydrogen-bond donors (Lipinski definition) is 2. The van der Waals surface area contributed by atoms with Gasteiger partial charge in [-0.05, 0) is 24.3 Å². The maximum Gasteiger partial charge on any atom is 0.349 e. The standard InChI is InChI=1S/C21H19N3O5/c1-28-17-8-4-5-13-11-14(21(27)29-19(13)17)20(26)23-15-6-2-3-7-16(15)24-10-9-22-18(25)12-24/h2-8,11H,9-10,12H2,1H3,(H,22,25)(H,23,26). The van der Waals surface area contributed by atoms with Crippen LogP contribution in [-0.2, 0) is 4.79 Å². The molecule has 148 valence electrons. The Labute approximate surface area is 166 Å². The van der Waals surface area contributed by atoms with E-state index < -0.39 is 11.5 Å². The van der Waals surface area contributed by atoms with Gasteiger partial charge in [-0.2, -0.15) is 0 Å². The predicted octanol–water partition coefficient (Wildman–Crippen LogP) is 1.99. The fourth-order valence-corrected chi connectivity index (χ4v) is 3.33. The number of piperazine rings is 1. The summed E-state index contributed by atoms with van der Waals surface area (Å²) in [5.41, 5.74) is 0.641. The predicted molar refractivity (Wildman–Crippen MR) is 109 cm³/mol. The van der Waals surface area contributed by atoms with Crippen molar-refractivity contribution >= 4 is 34.2 Å². The van der Waals surface area contributed by atoms with Gasteiger partial charge < -0.3 is 24.7 Å². The first-order chi connectivity index (χ1) is 14.1. The highest BCUT2D eigenvalue weighted by Crippen LogP contribution is 2.27. The fraction of sp³-hybridized carbons (Fsp3) is 0.190. The van der Waals surface area contributed by atoms with E-state index in [0.29, 0.717) is 35.6 Å². The van der Waals surface area contributed by atoms with E-state index in [1.54, 1.807) is 30.3 Å². The number of anilines is 2. The Morgan fingerprint density at radius 1 is 1.17 bits per heavy atom. The van der Waals surface area contributed by atoms with Gasteiger partial charge in [0, 0.05) is 18.5 Å². The zero-order valence-electron chi connectivity index (χ0n) is 15.7. The van der Waals surface area contributed by atoms with Crippen molar-refractivity contribution in [3.05, 3.63) is 64.5 Å². The maximum atomic E-state index is 12.8. The van der Waals surface area contributed by atoms with Crippen LogP contribution < -0.4 is 25.9 Å². The van der Waals surface area contributed by atoms with Crippen molar-refractivity contribution in [1.29, 1.82) is 0 Å². The number of rotatable bonds is 4. The topological polar surface area (TPSA) is 101 Å². The summed E-state index contributed by atoms with van der Waals surface area (Å²) in [6, 6.07) is 13.8. The van der Waals surface area contributed by atoms with Crippen molar-refractivity contribution in [2.45, 2.75) is 0 Å². The molecule has 2 aromatic carbocycles. The minimum atomic E-state index is -0.755. The molecule has 0 unspecified atom stereocenters. The Morgan fingerprint density at radius 3 is 2.79 bits per heavy atom. The smallest absolute Gasteiger partial charge is 0.349 e. The van der Waals surface area contributed by atoms with Crippen molar-refractivity contribution in [3.8, 4) is 5.75 Å². The second kappa shape index (κ2) is 7.67. The normalized spacial score (nSPS) is 13.8. The first kappa shape index (κ1) is 18.5. The molecule has 2 amide bonds. The molecule has 1 aromatic heterocycles. The van der Waals surface area contributed by atoms with E-state index in [2.05, 4.69) is 10.6 Å². The van der Waals surface area contributed by atoms with Gasteiger partial charge in [0.05, 0.1) is 25.0 Å². The van der Waals surface area contributed by atoms with Crippen LogP contribution in [0.5, 0.6) is 5.75 Å². The molecule has 0 saturated carbocycles. The van der Waals surface area contributed by atoms with Gasteiger partial charge in [-0.1, -0.05) is 24.3 Å². The summed E-state index contributed by atoms with van der Waals surface area (Å²) in [7, 11) is 1.48. The number of fused-ring (bicyclic) bond motifs is 1. The Kier molecular flexibility index (Phi) is 4.90. The lowest BCUT2D eigenvalue weighted by Gasteiger charge is -2.30. The lowest BCUT2D eigenvalue weighted by molar-refractivity contribution is -0.120. The first-order valence-corrected chi connectivity index (χ1v) is 9.09. The van der Waals surface area contributed by atoms with E-state index in [-0.39, 0.29) is 23.6 Å². The number of benzene rings is 2. The van der Waals surface area contributed by atoms with E-state index in [1.165, 1.54) is 13.2 Å². The molecule has 2 heterocycles. The lowest BCUT2D eigenvalue weighted by atomic mass is 10.1. The van der Waals surface area contributed by atoms with Gasteiger partial charge in [-0.15, -0.1) is 0 Å². The Balaban J connectivity index is 1.66. The molecular weight excluding hydrogens is 374 g/mol. The molecule has 0 bridgehead atoms. The molecule has 0 aliphatic carbocycles. The molecule has 8 heteroatoms. The number of nitrogens with zero attached hydrogens (tertiary/aromatic N) is 1. The van der Waals surface area contributed by atoms with Crippen molar-refractivity contribution in [2.75, 3.05) is 37.0 Å². The van der Waals surface area contributed by atoms with Gasteiger partial charge in [-0.3, -0.25) is 9.59 Å². The van der Waals surface area contributed by atoms with Crippen LogP contribution in [0, 0.1) is 0 Å². The monoisotopic (exact) mass is 393 g/mol. The van der Waals surface area contributed by atoms with Crippen LogP contribution in [-0.4, -0.2) is 38.6 Å². The summed E-state index contributed by atoms with van der Waals surface area (Å²) in [5, 5.41) is 6.12. The number of para-hydroxylation sites is 3. The van der Waals surface area contributed by atoms with Crippen LogP contribution in [0.4, 0.5) is 11.4 Å². The van der Waals surface area contributed by atoms with Crippen LogP contribution in [0.15, 0.2) is 57.7 Å². The molecule has 0 atom stereocenters. The van der Waals surface area contributed by atoms with Gasteiger partial charge in [0.15, 0.2) is 11.3 Å². The number of hydrogen-bond acceptors (Lipinski definition) is 6. The molecule has 1 fully saturated rings. The maximum absolute atomic E-state index is 12.8. The van der Waals surface area contributed by atoms with Gasteiger partial charge in [0.1, 0.15) is 5.56 Å². The fourth-order valence-electron chi connectivity index (χ4n) is 3.33. The van der Waals surface area contributed by atoms with Crippen LogP contribution in [0.25, 0.3) is 11.0 Å². The van der Waals surface area contributed by atoms with Gasteiger partial charge in [-0.25, -0.2) is 4.79 Å². The summed E-state index contributed by atoms with van der Waals surface area (Å²) in [6.45, 7) is 1.35. The summed E-state index contributed by atoms with van der Waals surface area (Å²) in [4.78, 5) is 38.8. The second-order valence-electron chi connectivity index (χ2n) is 6.57. The van der Waals surface area contributed by atoms with E-state index in [1.807, 2.05) is 17.0 Å². The van der Waals surface area contributed by atoms with Crippen molar-refractivity contribution < 1.29 is 18.7 Å². The highest BCUT2D eigenvalue weighted by Gasteiger charge is 2.21. The number of nitrogens with one attached hydrogen (secondary N) is 2. The number of methoxy groups -OCH3 is 1. The molecule has 2 N–H and O–H groups in total. The molecule has 1 aliphatic heterocycles. The molecule has 4 rings (SSSR count). The molecular formula is C21H19N3O5. The third-order valence-corrected chi connectivity index (χ3v) is 4.72. The number of ether oxygens (including phenoxy) is 1. The molecule has 1 aliphatic rings. The lowest BCUT2D eigenvalue weighted by Crippen LogP contribution is -2.47. The average Bonchev–Trinajstić information content (AvgIpc) is 2.73. The first-order valence-electron chi connectivity index (χ1n) is 9.09. The summed E-state index contributed by atoms with van der Waals surface area (Å²) >= 11 is 0. The number of amides is 2. The second-order valence-corrected chi connectivity index (χ2v) is 6.57. The van der Waals surface area contributed by atoms with Crippen LogP contribution >= 0.6 is 0 Å². The largest absolute Gasteiger partial charge is 0.493 e. The Bertz CT molecular complexity index is 1150. The van der Waals surface area contributed by atoms with Crippen LogP contribution in [0.2, 0.25) is 0 Å². The SMILES string of the molecule is COc1cccc2cc(C(=O)Nc3ccccc3N3CCNC(=O)C3)c(=O)oc12. The van der Waals surface area contributed by atoms with Crippen molar-refractivity contribution in [1.82, 2.24) is 5.32 Å². The van der Waals surface area contributed by atoms with Gasteiger partial charge in [0.25, 0.3) is 5.91 Å². The summed E-state index contributed by atoms with van der Waals surface area (Å²) in [6.07, 6.45) is 0. The van der Waals surface area contributed by atoms with Gasteiger partial charge in [0.2, 0.25) is 5.91 Å². The van der Waals surface area contributed by atoms with Crippen LogP contribution in [0.1, 0.15) is 10.4 Å². The average molecular weight is 393 g/mol. The number of carbonyl (C=O) groups excluding carboxylic acids is 2. The zero-order valence-corrected chi connectivity index (χ0v) is 15.7.